The van der Waals surface area contributed by atoms with E-state index in [0.717, 1.165) is 22.3 Å². The number of benzene rings is 2. The second kappa shape index (κ2) is 10.0. The van der Waals surface area contributed by atoms with Crippen molar-refractivity contribution in [2.45, 2.75) is 39.0 Å². The molecule has 1 aliphatic carbocycles. The van der Waals surface area contributed by atoms with Crippen LogP contribution in [0.25, 0.3) is 0 Å². The van der Waals surface area contributed by atoms with Crippen LogP contribution in [-0.4, -0.2) is 12.6 Å². The van der Waals surface area contributed by atoms with Crippen molar-refractivity contribution in [1.82, 2.24) is 5.32 Å². The number of halogens is 4. The quantitative estimate of drug-likeness (QED) is 0.473. The maximum atomic E-state index is 6.22. The van der Waals surface area contributed by atoms with E-state index in [1.165, 1.54) is 18.4 Å². The van der Waals surface area contributed by atoms with Crippen LogP contribution in [0.3, 0.4) is 0 Å². The van der Waals surface area contributed by atoms with Gasteiger partial charge < -0.3 is 14.8 Å². The smallest absolute Gasteiger partial charge is 0.175 e. The number of ether oxygens (including phenoxy) is 2. The van der Waals surface area contributed by atoms with Crippen molar-refractivity contribution < 1.29 is 9.47 Å². The average Bonchev–Trinajstić information content (AvgIpc) is 3.38. The van der Waals surface area contributed by atoms with Gasteiger partial charge in [0.2, 0.25) is 0 Å². The molecular weight excluding hydrogens is 460 g/mol. The van der Waals surface area contributed by atoms with Gasteiger partial charge in [-0.25, -0.2) is 0 Å². The summed E-state index contributed by atoms with van der Waals surface area (Å²) in [4.78, 5) is 0. The summed E-state index contributed by atoms with van der Waals surface area (Å²) in [6, 6.07) is 10.1. The monoisotopic (exact) mass is 479 g/mol. The summed E-state index contributed by atoms with van der Waals surface area (Å²) >= 11 is 15.8. The molecule has 0 radical (unpaired) electrons. The molecule has 1 N–H and O–H groups in total. The Hall–Kier alpha value is -0.650. The molecule has 2 aromatic rings. The lowest BCUT2D eigenvalue weighted by Gasteiger charge is -2.16. The lowest BCUT2D eigenvalue weighted by molar-refractivity contribution is 0.267. The standard InChI is InChI=1S/C19H20BrCl2NO2.ClH/c1-2-24-18-8-12(10-23-15-5-6-15)7-16(20)19(18)25-11-13-3-4-14(21)9-17(13)22;/h3-4,7-9,15,23H,2,5-6,10-11H2,1H3;1H. The van der Waals surface area contributed by atoms with E-state index in [1.54, 1.807) is 12.1 Å². The fourth-order valence-corrected chi connectivity index (χ4v) is 3.53. The van der Waals surface area contributed by atoms with Crippen molar-refractivity contribution in [3.05, 3.63) is 56.0 Å². The number of rotatable bonds is 8. The van der Waals surface area contributed by atoms with Gasteiger partial charge in [-0.15, -0.1) is 12.4 Å². The fraction of sp³-hybridized carbons (Fsp3) is 0.368. The van der Waals surface area contributed by atoms with E-state index in [1.807, 2.05) is 19.1 Å². The molecule has 1 aliphatic rings. The molecule has 0 heterocycles. The molecule has 2 aromatic carbocycles. The van der Waals surface area contributed by atoms with E-state index < -0.39 is 0 Å². The molecule has 142 valence electrons. The summed E-state index contributed by atoms with van der Waals surface area (Å²) in [6.45, 7) is 3.70. The Morgan fingerprint density at radius 3 is 2.58 bits per heavy atom. The summed E-state index contributed by atoms with van der Waals surface area (Å²) in [5, 5.41) is 4.71. The molecule has 0 bridgehead atoms. The van der Waals surface area contributed by atoms with E-state index in [4.69, 9.17) is 32.7 Å². The molecule has 0 atom stereocenters. The Kier molecular flexibility index (Phi) is 8.37. The van der Waals surface area contributed by atoms with Crippen molar-refractivity contribution in [3.63, 3.8) is 0 Å². The summed E-state index contributed by atoms with van der Waals surface area (Å²) < 4.78 is 12.7. The van der Waals surface area contributed by atoms with Gasteiger partial charge >= 0.3 is 0 Å². The zero-order valence-electron chi connectivity index (χ0n) is 14.4. The Balaban J connectivity index is 0.00000243. The zero-order chi connectivity index (χ0) is 17.8. The van der Waals surface area contributed by atoms with Crippen LogP contribution < -0.4 is 14.8 Å². The van der Waals surface area contributed by atoms with Crippen LogP contribution in [0.4, 0.5) is 0 Å². The normalized spacial score (nSPS) is 13.2. The zero-order valence-corrected chi connectivity index (χ0v) is 18.3. The van der Waals surface area contributed by atoms with Crippen LogP contribution in [0.1, 0.15) is 30.9 Å². The van der Waals surface area contributed by atoms with Gasteiger partial charge in [-0.2, -0.15) is 0 Å². The Morgan fingerprint density at radius 1 is 1.15 bits per heavy atom. The van der Waals surface area contributed by atoms with Crippen molar-refractivity contribution >= 4 is 51.5 Å². The molecule has 0 aromatic heterocycles. The van der Waals surface area contributed by atoms with Crippen molar-refractivity contribution in [2.75, 3.05) is 6.61 Å². The van der Waals surface area contributed by atoms with Crippen molar-refractivity contribution in [2.24, 2.45) is 0 Å². The van der Waals surface area contributed by atoms with E-state index in [2.05, 4.69) is 27.3 Å². The van der Waals surface area contributed by atoms with Crippen LogP contribution >= 0.6 is 51.5 Å². The molecule has 26 heavy (non-hydrogen) atoms. The minimum atomic E-state index is 0. The second-order valence-corrected chi connectivity index (χ2v) is 7.72. The number of hydrogen-bond acceptors (Lipinski definition) is 3. The molecule has 0 unspecified atom stereocenters. The highest BCUT2D eigenvalue weighted by molar-refractivity contribution is 9.10. The number of hydrogen-bond donors (Lipinski definition) is 1. The molecule has 1 fully saturated rings. The van der Waals surface area contributed by atoms with Gasteiger partial charge in [0.15, 0.2) is 11.5 Å². The first-order chi connectivity index (χ1) is 12.1. The summed E-state index contributed by atoms with van der Waals surface area (Å²) in [5.74, 6) is 1.41. The molecule has 1 saturated carbocycles. The van der Waals surface area contributed by atoms with Gasteiger partial charge in [0.1, 0.15) is 6.61 Å². The lowest BCUT2D eigenvalue weighted by Crippen LogP contribution is -2.15. The Bertz CT molecular complexity index is 754. The first-order valence-corrected chi connectivity index (χ1v) is 9.87. The maximum absolute atomic E-state index is 6.22. The van der Waals surface area contributed by atoms with Gasteiger partial charge in [-0.3, -0.25) is 0 Å². The highest BCUT2D eigenvalue weighted by Gasteiger charge is 2.21. The topological polar surface area (TPSA) is 30.5 Å². The van der Waals surface area contributed by atoms with Crippen LogP contribution in [0.2, 0.25) is 10.0 Å². The highest BCUT2D eigenvalue weighted by atomic mass is 79.9. The molecule has 0 amide bonds. The first-order valence-electron chi connectivity index (χ1n) is 8.32. The molecule has 7 heteroatoms. The van der Waals surface area contributed by atoms with Gasteiger partial charge in [-0.1, -0.05) is 29.3 Å². The van der Waals surface area contributed by atoms with Crippen LogP contribution in [0.5, 0.6) is 11.5 Å². The fourth-order valence-electron chi connectivity index (χ4n) is 2.46. The van der Waals surface area contributed by atoms with Crippen LogP contribution in [-0.2, 0) is 13.2 Å². The van der Waals surface area contributed by atoms with Crippen molar-refractivity contribution in [1.29, 1.82) is 0 Å². The average molecular weight is 482 g/mol. The first kappa shape index (κ1) is 21.6. The third-order valence-corrected chi connectivity index (χ3v) is 5.10. The van der Waals surface area contributed by atoms with Crippen molar-refractivity contribution in [3.8, 4) is 11.5 Å². The molecule has 3 nitrogen and oxygen atoms in total. The van der Waals surface area contributed by atoms with Gasteiger partial charge in [0.25, 0.3) is 0 Å². The van der Waals surface area contributed by atoms with E-state index >= 15 is 0 Å². The highest BCUT2D eigenvalue weighted by Crippen LogP contribution is 2.38. The molecule has 0 saturated heterocycles. The third-order valence-electron chi connectivity index (χ3n) is 3.93. The van der Waals surface area contributed by atoms with E-state index in [9.17, 15) is 0 Å². The lowest BCUT2D eigenvalue weighted by atomic mass is 10.2. The van der Waals surface area contributed by atoms with Crippen LogP contribution in [0.15, 0.2) is 34.8 Å². The predicted molar refractivity (Wildman–Crippen MR) is 113 cm³/mol. The Labute approximate surface area is 178 Å². The SMILES string of the molecule is CCOc1cc(CNC2CC2)cc(Br)c1OCc1ccc(Cl)cc1Cl.Cl. The summed E-state index contributed by atoms with van der Waals surface area (Å²) in [5.41, 5.74) is 2.04. The summed E-state index contributed by atoms with van der Waals surface area (Å²) in [6.07, 6.45) is 2.53. The Morgan fingerprint density at radius 2 is 1.92 bits per heavy atom. The van der Waals surface area contributed by atoms with Crippen LogP contribution in [0, 0.1) is 0 Å². The summed E-state index contributed by atoms with van der Waals surface area (Å²) in [7, 11) is 0. The molecule has 0 spiro atoms. The number of nitrogens with one attached hydrogen (secondary N) is 1. The minimum absolute atomic E-state index is 0. The maximum Gasteiger partial charge on any atom is 0.175 e. The van der Waals surface area contributed by atoms with Gasteiger partial charge in [0.05, 0.1) is 11.1 Å². The molecule has 0 aliphatic heterocycles. The predicted octanol–water partition coefficient (Wildman–Crippen LogP) is 6.41. The van der Waals surface area contributed by atoms with Gasteiger partial charge in [0, 0.05) is 28.2 Å². The third kappa shape index (κ3) is 5.93. The van der Waals surface area contributed by atoms with E-state index in [-0.39, 0.29) is 12.4 Å². The molecule has 3 rings (SSSR count). The molecular formula is C19H21BrCl3NO2. The minimum Gasteiger partial charge on any atom is -0.490 e. The second-order valence-electron chi connectivity index (χ2n) is 6.02. The van der Waals surface area contributed by atoms with Gasteiger partial charge in [-0.05, 0) is 65.5 Å². The van der Waals surface area contributed by atoms with E-state index in [0.29, 0.717) is 35.1 Å². The largest absolute Gasteiger partial charge is 0.490 e.